The Hall–Kier alpha value is -3.13. The van der Waals surface area contributed by atoms with E-state index >= 15 is 0 Å². The molecule has 0 bridgehead atoms. The van der Waals surface area contributed by atoms with E-state index in [1.807, 2.05) is 0 Å². The lowest BCUT2D eigenvalue weighted by Gasteiger charge is -2.19. The molecule has 0 aliphatic heterocycles. The fourth-order valence-corrected chi connectivity index (χ4v) is 2.94. The highest BCUT2D eigenvalue weighted by molar-refractivity contribution is 7.17. The molecule has 1 aromatic rings. The second-order valence-corrected chi connectivity index (χ2v) is 5.22. The van der Waals surface area contributed by atoms with E-state index in [4.69, 9.17) is 20.6 Å². The van der Waals surface area contributed by atoms with Crippen LogP contribution in [0.1, 0.15) is 20.8 Å². The summed E-state index contributed by atoms with van der Waals surface area (Å²) in [6.45, 7) is -1.63. The number of hydrogen-bond donors (Lipinski definition) is 4. The quantitative estimate of drug-likeness (QED) is 0.499. The number of carboxylic acids is 4. The number of nitriles is 1. The molecule has 0 aliphatic rings. The molecule has 0 atom stereocenters. The van der Waals surface area contributed by atoms with E-state index < -0.39 is 49.0 Å². The molecule has 0 aliphatic carbocycles. The van der Waals surface area contributed by atoms with Gasteiger partial charge in [0.25, 0.3) is 0 Å². The van der Waals surface area contributed by atoms with Crippen LogP contribution < -0.4 is 4.90 Å². The Morgan fingerprint density at radius 1 is 1.00 bits per heavy atom. The Balaban J connectivity index is 3.53. The number of rotatable bonds is 8. The lowest BCUT2D eigenvalue weighted by Crippen LogP contribution is -2.34. The van der Waals surface area contributed by atoms with Crippen molar-refractivity contribution in [2.45, 2.75) is 6.42 Å². The van der Waals surface area contributed by atoms with Gasteiger partial charge >= 0.3 is 23.9 Å². The maximum atomic E-state index is 11.4. The number of carbonyl (C=O) groups is 4. The molecule has 4 N–H and O–H groups in total. The van der Waals surface area contributed by atoms with Crippen molar-refractivity contribution in [1.29, 1.82) is 5.26 Å². The van der Waals surface area contributed by atoms with E-state index in [2.05, 4.69) is 0 Å². The molecule has 0 radical (unpaired) electrons. The molecule has 0 aromatic carbocycles. The van der Waals surface area contributed by atoms with Crippen molar-refractivity contribution in [2.24, 2.45) is 0 Å². The van der Waals surface area contributed by atoms with Crippen molar-refractivity contribution in [1.82, 2.24) is 0 Å². The van der Waals surface area contributed by atoms with E-state index in [-0.39, 0.29) is 15.4 Å². The summed E-state index contributed by atoms with van der Waals surface area (Å²) >= 11 is 0.542. The molecule has 0 saturated carbocycles. The summed E-state index contributed by atoms with van der Waals surface area (Å²) in [5, 5.41) is 44.5. The fourth-order valence-electron chi connectivity index (χ4n) is 1.83. The third kappa shape index (κ3) is 4.42. The Bertz CT molecular complexity index is 701. The zero-order chi connectivity index (χ0) is 17.7. The lowest BCUT2D eigenvalue weighted by atomic mass is 10.1. The van der Waals surface area contributed by atoms with Crippen LogP contribution in [0.5, 0.6) is 0 Å². The Kier molecular flexibility index (Phi) is 5.63. The van der Waals surface area contributed by atoms with Crippen LogP contribution in [-0.2, 0) is 20.8 Å². The van der Waals surface area contributed by atoms with Crippen molar-refractivity contribution in [2.75, 3.05) is 18.0 Å². The molecule has 0 fully saturated rings. The van der Waals surface area contributed by atoms with Crippen LogP contribution in [0.3, 0.4) is 0 Å². The number of anilines is 1. The van der Waals surface area contributed by atoms with Gasteiger partial charge in [-0.1, -0.05) is 0 Å². The van der Waals surface area contributed by atoms with E-state index in [1.54, 1.807) is 6.07 Å². The van der Waals surface area contributed by atoms with Gasteiger partial charge in [-0.2, -0.15) is 5.26 Å². The second kappa shape index (κ2) is 7.23. The average Bonchev–Trinajstić information content (AvgIpc) is 2.74. The van der Waals surface area contributed by atoms with Crippen LogP contribution in [-0.4, -0.2) is 57.4 Å². The van der Waals surface area contributed by atoms with E-state index in [0.29, 0.717) is 11.3 Å². The molecule has 1 heterocycles. The van der Waals surface area contributed by atoms with Gasteiger partial charge in [0.1, 0.15) is 29.0 Å². The molecule has 11 heteroatoms. The van der Waals surface area contributed by atoms with Crippen molar-refractivity contribution in [3.8, 4) is 6.07 Å². The van der Waals surface area contributed by atoms with Gasteiger partial charge in [-0.15, -0.1) is 11.3 Å². The van der Waals surface area contributed by atoms with Crippen molar-refractivity contribution in [3.63, 3.8) is 0 Å². The van der Waals surface area contributed by atoms with Crippen molar-refractivity contribution < 1.29 is 39.6 Å². The third-order valence-corrected chi connectivity index (χ3v) is 3.77. The minimum absolute atomic E-state index is 0.222. The third-order valence-electron chi connectivity index (χ3n) is 2.57. The van der Waals surface area contributed by atoms with Crippen LogP contribution in [0.15, 0.2) is 0 Å². The number of hydrogen-bond acceptors (Lipinski definition) is 7. The molecule has 122 valence electrons. The number of thiophene rings is 1. The standard InChI is InChI=1S/C12H10N2O8S/c13-2-6-5(1-7(15)16)10(12(21)22)11(23-6)14(3-8(17)18)4-9(19)20/h1,3-4H2,(H,15,16)(H,17,18)(H,19,20)(H,21,22). The normalized spacial score (nSPS) is 9.87. The molecule has 23 heavy (non-hydrogen) atoms. The largest absolute Gasteiger partial charge is 0.481 e. The number of nitrogens with zero attached hydrogens (tertiary/aromatic N) is 2. The maximum Gasteiger partial charge on any atom is 0.339 e. The number of carboxylic acid groups (broad SMARTS) is 4. The summed E-state index contributed by atoms with van der Waals surface area (Å²) in [5.41, 5.74) is -0.857. The highest BCUT2D eigenvalue weighted by Gasteiger charge is 2.29. The molecule has 10 nitrogen and oxygen atoms in total. The van der Waals surface area contributed by atoms with Crippen LogP contribution in [0, 0.1) is 11.3 Å². The minimum atomic E-state index is -1.57. The first-order valence-electron chi connectivity index (χ1n) is 5.86. The van der Waals surface area contributed by atoms with Gasteiger partial charge < -0.3 is 25.3 Å². The fraction of sp³-hybridized carbons (Fsp3) is 0.250. The van der Waals surface area contributed by atoms with Gasteiger partial charge in [0.05, 0.1) is 12.0 Å². The maximum absolute atomic E-state index is 11.4. The number of aromatic carboxylic acids is 1. The monoisotopic (exact) mass is 342 g/mol. The van der Waals surface area contributed by atoms with Crippen molar-refractivity contribution >= 4 is 40.2 Å². The molecular formula is C12H10N2O8S. The zero-order valence-corrected chi connectivity index (χ0v) is 12.2. The molecule has 0 amide bonds. The predicted octanol–water partition coefficient (Wildman–Crippen LogP) is -0.0793. The Morgan fingerprint density at radius 2 is 1.52 bits per heavy atom. The van der Waals surface area contributed by atoms with Gasteiger partial charge in [-0.3, -0.25) is 14.4 Å². The average molecular weight is 342 g/mol. The first kappa shape index (κ1) is 17.9. The molecule has 0 spiro atoms. The summed E-state index contributed by atoms with van der Waals surface area (Å²) in [6.07, 6.45) is -0.755. The smallest absolute Gasteiger partial charge is 0.339 e. The van der Waals surface area contributed by atoms with Gasteiger partial charge in [-0.25, -0.2) is 4.79 Å². The minimum Gasteiger partial charge on any atom is -0.481 e. The van der Waals surface area contributed by atoms with Crippen LogP contribution in [0.25, 0.3) is 0 Å². The molecule has 1 aromatic heterocycles. The molecular weight excluding hydrogens is 332 g/mol. The van der Waals surface area contributed by atoms with Crippen LogP contribution >= 0.6 is 11.3 Å². The van der Waals surface area contributed by atoms with Crippen LogP contribution in [0.4, 0.5) is 5.00 Å². The summed E-state index contributed by atoms with van der Waals surface area (Å²) in [4.78, 5) is 44.5. The molecule has 0 unspecified atom stereocenters. The Labute approximate surface area is 132 Å². The van der Waals surface area contributed by atoms with Gasteiger partial charge in [0, 0.05) is 5.56 Å². The first-order chi connectivity index (χ1) is 10.7. The van der Waals surface area contributed by atoms with E-state index in [9.17, 15) is 24.3 Å². The zero-order valence-electron chi connectivity index (χ0n) is 11.3. The SMILES string of the molecule is N#Cc1sc(N(CC(=O)O)CC(=O)O)c(C(=O)O)c1CC(=O)O. The van der Waals surface area contributed by atoms with E-state index in [0.717, 1.165) is 4.90 Å². The van der Waals surface area contributed by atoms with Crippen LogP contribution in [0.2, 0.25) is 0 Å². The summed E-state index contributed by atoms with van der Waals surface area (Å²) < 4.78 is 0. The van der Waals surface area contributed by atoms with Gasteiger partial charge in [-0.05, 0) is 0 Å². The molecule has 0 saturated heterocycles. The van der Waals surface area contributed by atoms with E-state index in [1.165, 1.54) is 0 Å². The summed E-state index contributed by atoms with van der Waals surface area (Å²) in [7, 11) is 0. The second-order valence-electron chi connectivity index (χ2n) is 4.22. The van der Waals surface area contributed by atoms with Crippen molar-refractivity contribution in [3.05, 3.63) is 16.0 Å². The summed E-state index contributed by atoms with van der Waals surface area (Å²) in [5.74, 6) is -5.77. The van der Waals surface area contributed by atoms with Gasteiger partial charge in [0.2, 0.25) is 0 Å². The Morgan fingerprint density at radius 3 is 1.87 bits per heavy atom. The first-order valence-corrected chi connectivity index (χ1v) is 6.68. The lowest BCUT2D eigenvalue weighted by molar-refractivity contribution is -0.137. The predicted molar refractivity (Wildman–Crippen MR) is 74.8 cm³/mol. The number of aliphatic carboxylic acids is 3. The van der Waals surface area contributed by atoms with Gasteiger partial charge in [0.15, 0.2) is 0 Å². The molecule has 1 rings (SSSR count). The highest BCUT2D eigenvalue weighted by atomic mass is 32.1. The summed E-state index contributed by atoms with van der Waals surface area (Å²) in [6, 6.07) is 1.65. The topological polar surface area (TPSA) is 176 Å². The highest BCUT2D eigenvalue weighted by Crippen LogP contribution is 2.36.